The Bertz CT molecular complexity index is 1410. The van der Waals surface area contributed by atoms with Gasteiger partial charge in [0.1, 0.15) is 16.6 Å². The zero-order valence-corrected chi connectivity index (χ0v) is 19.5. The molecule has 11 heteroatoms. The van der Waals surface area contributed by atoms with E-state index in [0.29, 0.717) is 27.6 Å². The van der Waals surface area contributed by atoms with Crippen LogP contribution in [0.4, 0.5) is 15.9 Å². The van der Waals surface area contributed by atoms with E-state index in [2.05, 4.69) is 20.3 Å². The highest BCUT2D eigenvalue weighted by atomic mass is 32.1. The number of hydrogen-bond acceptors (Lipinski definition) is 8. The molecule has 2 amide bonds. The number of nitrogen functional groups attached to an aromatic ring is 1. The second-order valence-electron chi connectivity index (χ2n) is 8.02. The van der Waals surface area contributed by atoms with E-state index in [4.69, 9.17) is 10.5 Å². The number of rotatable bonds is 5. The van der Waals surface area contributed by atoms with Crippen LogP contribution in [0.25, 0.3) is 10.2 Å². The average Bonchev–Trinajstić information content (AvgIpc) is 3.51. The van der Waals surface area contributed by atoms with Crippen molar-refractivity contribution in [1.82, 2.24) is 19.9 Å². The minimum Gasteiger partial charge on any atom is -0.383 e. The molecule has 0 radical (unpaired) electrons. The van der Waals surface area contributed by atoms with Gasteiger partial charge in [0.25, 0.3) is 0 Å². The van der Waals surface area contributed by atoms with Crippen LogP contribution >= 0.6 is 11.3 Å². The number of nitrogens with one attached hydrogen (secondary N) is 1. The average molecular weight is 493 g/mol. The van der Waals surface area contributed by atoms with Gasteiger partial charge in [-0.2, -0.15) is 0 Å². The van der Waals surface area contributed by atoms with Crippen LogP contribution in [0.5, 0.6) is 0 Å². The molecular formula is C24H21FN6O3S. The summed E-state index contributed by atoms with van der Waals surface area (Å²) in [6.45, 7) is 2.16. The van der Waals surface area contributed by atoms with Gasteiger partial charge in [-0.3, -0.25) is 14.6 Å². The third-order valence-electron chi connectivity index (χ3n) is 5.82. The molecule has 1 aromatic carbocycles. The first kappa shape index (κ1) is 22.8. The number of fused-ring (bicyclic) bond motifs is 2. The summed E-state index contributed by atoms with van der Waals surface area (Å²) in [5, 5.41) is 3.23. The third-order valence-corrected chi connectivity index (χ3v) is 6.84. The molecule has 35 heavy (non-hydrogen) atoms. The fraction of sp³-hybridized carbons (Fsp3) is 0.208. The molecule has 1 atom stereocenters. The van der Waals surface area contributed by atoms with E-state index >= 15 is 0 Å². The van der Waals surface area contributed by atoms with Crippen molar-refractivity contribution in [2.75, 3.05) is 11.1 Å². The Morgan fingerprint density at radius 1 is 1.20 bits per heavy atom. The highest BCUT2D eigenvalue weighted by Gasteiger charge is 2.31. The fourth-order valence-corrected chi connectivity index (χ4v) is 4.94. The second kappa shape index (κ2) is 9.35. The van der Waals surface area contributed by atoms with Gasteiger partial charge in [0, 0.05) is 17.3 Å². The van der Waals surface area contributed by atoms with E-state index in [-0.39, 0.29) is 25.5 Å². The molecule has 0 saturated carbocycles. The SMILES string of the molecule is CC(c1ncccc1F)N(Cc1nc2ccccc2s1)C(=O)C(=O)Nc1cnc(N)c2c1COC2. The molecule has 0 aliphatic carbocycles. The Labute approximate surface area is 203 Å². The molecule has 5 rings (SSSR count). The molecule has 4 aromatic rings. The zero-order valence-electron chi connectivity index (χ0n) is 18.7. The van der Waals surface area contributed by atoms with Crippen molar-refractivity contribution in [3.63, 3.8) is 0 Å². The number of para-hydroxylation sites is 1. The van der Waals surface area contributed by atoms with Crippen molar-refractivity contribution in [2.24, 2.45) is 0 Å². The predicted molar refractivity (Wildman–Crippen MR) is 129 cm³/mol. The first-order valence-corrected chi connectivity index (χ1v) is 11.6. The van der Waals surface area contributed by atoms with Gasteiger partial charge >= 0.3 is 11.8 Å². The first-order chi connectivity index (χ1) is 16.9. The first-order valence-electron chi connectivity index (χ1n) is 10.8. The minimum atomic E-state index is -0.894. The van der Waals surface area contributed by atoms with Gasteiger partial charge < -0.3 is 20.7 Å². The Hall–Kier alpha value is -3.96. The number of pyridine rings is 2. The molecule has 0 spiro atoms. The summed E-state index contributed by atoms with van der Waals surface area (Å²) in [6, 6.07) is 9.46. The fourth-order valence-electron chi connectivity index (χ4n) is 3.97. The summed E-state index contributed by atoms with van der Waals surface area (Å²) >= 11 is 1.40. The molecule has 0 bridgehead atoms. The van der Waals surface area contributed by atoms with E-state index in [1.807, 2.05) is 24.3 Å². The maximum atomic E-state index is 14.6. The summed E-state index contributed by atoms with van der Waals surface area (Å²) in [7, 11) is 0. The quantitative estimate of drug-likeness (QED) is 0.408. The molecule has 1 aliphatic rings. The number of carbonyl (C=O) groups is 2. The molecule has 9 nitrogen and oxygen atoms in total. The van der Waals surface area contributed by atoms with Crippen molar-refractivity contribution >= 4 is 44.9 Å². The number of benzene rings is 1. The summed E-state index contributed by atoms with van der Waals surface area (Å²) < 4.78 is 20.9. The Morgan fingerprint density at radius 3 is 2.80 bits per heavy atom. The van der Waals surface area contributed by atoms with Crippen molar-refractivity contribution in [3.05, 3.63) is 76.4 Å². The van der Waals surface area contributed by atoms with Crippen LogP contribution in [0, 0.1) is 5.82 Å². The molecule has 178 valence electrons. The van der Waals surface area contributed by atoms with E-state index in [1.54, 1.807) is 6.92 Å². The number of ether oxygens (including phenoxy) is 1. The Morgan fingerprint density at radius 2 is 2.00 bits per heavy atom. The van der Waals surface area contributed by atoms with Gasteiger partial charge in [-0.25, -0.2) is 14.4 Å². The lowest BCUT2D eigenvalue weighted by molar-refractivity contribution is -0.145. The van der Waals surface area contributed by atoms with Crippen molar-refractivity contribution in [2.45, 2.75) is 32.7 Å². The van der Waals surface area contributed by atoms with Crippen LogP contribution in [-0.2, 0) is 34.1 Å². The molecule has 3 aromatic heterocycles. The summed E-state index contributed by atoms with van der Waals surface area (Å²) in [6.07, 6.45) is 2.84. The van der Waals surface area contributed by atoms with Crippen LogP contribution in [0.3, 0.4) is 0 Å². The zero-order chi connectivity index (χ0) is 24.5. The lowest BCUT2D eigenvalue weighted by Crippen LogP contribution is -2.41. The number of nitrogens with zero attached hydrogens (tertiary/aromatic N) is 4. The second-order valence-corrected chi connectivity index (χ2v) is 9.13. The molecule has 0 fully saturated rings. The highest BCUT2D eigenvalue weighted by Crippen LogP contribution is 2.31. The predicted octanol–water partition coefficient (Wildman–Crippen LogP) is 3.57. The molecule has 3 N–H and O–H groups in total. The monoisotopic (exact) mass is 492 g/mol. The molecular weight excluding hydrogens is 471 g/mol. The molecule has 4 heterocycles. The van der Waals surface area contributed by atoms with Crippen LogP contribution in [0.1, 0.15) is 34.8 Å². The lowest BCUT2D eigenvalue weighted by Gasteiger charge is -2.28. The number of thiazole rings is 1. The Balaban J connectivity index is 1.45. The molecule has 0 saturated heterocycles. The van der Waals surface area contributed by atoms with Gasteiger partial charge in [0.15, 0.2) is 0 Å². The lowest BCUT2D eigenvalue weighted by atomic mass is 10.1. The summed E-state index contributed by atoms with van der Waals surface area (Å²) in [5.74, 6) is -2.00. The number of carbonyl (C=O) groups excluding carboxylic acids is 2. The molecule has 1 unspecified atom stereocenters. The largest absolute Gasteiger partial charge is 0.383 e. The van der Waals surface area contributed by atoms with Crippen molar-refractivity contribution in [3.8, 4) is 0 Å². The van der Waals surface area contributed by atoms with Crippen LogP contribution in [0.15, 0.2) is 48.8 Å². The number of anilines is 2. The summed E-state index contributed by atoms with van der Waals surface area (Å²) in [5.41, 5.74) is 8.44. The topological polar surface area (TPSA) is 123 Å². The van der Waals surface area contributed by atoms with Crippen LogP contribution in [0.2, 0.25) is 0 Å². The third kappa shape index (κ3) is 4.43. The number of hydrogen-bond donors (Lipinski definition) is 2. The smallest absolute Gasteiger partial charge is 0.313 e. The van der Waals surface area contributed by atoms with Gasteiger partial charge in [-0.1, -0.05) is 12.1 Å². The maximum absolute atomic E-state index is 14.6. The summed E-state index contributed by atoms with van der Waals surface area (Å²) in [4.78, 5) is 40.5. The molecule has 1 aliphatic heterocycles. The van der Waals surface area contributed by atoms with Crippen LogP contribution in [-0.4, -0.2) is 31.7 Å². The van der Waals surface area contributed by atoms with Gasteiger partial charge in [-0.15, -0.1) is 11.3 Å². The number of aromatic nitrogens is 3. The number of amides is 2. The van der Waals surface area contributed by atoms with Crippen LogP contribution < -0.4 is 11.1 Å². The van der Waals surface area contributed by atoms with E-state index in [0.717, 1.165) is 10.2 Å². The van der Waals surface area contributed by atoms with E-state index in [9.17, 15) is 14.0 Å². The highest BCUT2D eigenvalue weighted by molar-refractivity contribution is 7.18. The van der Waals surface area contributed by atoms with Crippen molar-refractivity contribution < 1.29 is 18.7 Å². The normalized spacial score (nSPS) is 13.4. The maximum Gasteiger partial charge on any atom is 0.313 e. The van der Waals surface area contributed by atoms with E-state index < -0.39 is 23.7 Å². The number of halogens is 1. The van der Waals surface area contributed by atoms with Gasteiger partial charge in [0.05, 0.1) is 53.6 Å². The standard InChI is InChI=1S/C24H21FN6O3S/c1-13(21-16(25)5-4-8-27-21)31(10-20-29-17-6-2-3-7-19(17)35-20)24(33)23(32)30-18-9-28-22(26)15-12-34-11-14(15)18/h2-9,13H,10-12H2,1H3,(H2,26,28)(H,30,32). The van der Waals surface area contributed by atoms with Gasteiger partial charge in [-0.05, 0) is 31.2 Å². The minimum absolute atomic E-state index is 0.00396. The van der Waals surface area contributed by atoms with Gasteiger partial charge in [0.2, 0.25) is 0 Å². The van der Waals surface area contributed by atoms with Crippen molar-refractivity contribution in [1.29, 1.82) is 0 Å². The Kier molecular flexibility index (Phi) is 6.10. The number of nitrogens with two attached hydrogens (primary N) is 1. The van der Waals surface area contributed by atoms with E-state index in [1.165, 1.54) is 40.8 Å².